The molecule has 1 rings (SSSR count). The number of carbonyl (C=O) groups is 6. The standard InChI is InChI=1S/C14H16O6/c1-7(15)13(8(2)16)6-5-11(19)12(20)14(13,9(3)17)10(4)18/h5-6H2,1-4H3. The minimum atomic E-state index is -2.50. The summed E-state index contributed by atoms with van der Waals surface area (Å²) in [5, 5.41) is 0. The van der Waals surface area contributed by atoms with E-state index in [1.54, 1.807) is 0 Å². The van der Waals surface area contributed by atoms with Crippen LogP contribution in [-0.4, -0.2) is 34.7 Å². The quantitative estimate of drug-likeness (QED) is 0.540. The number of rotatable bonds is 4. The van der Waals surface area contributed by atoms with Gasteiger partial charge in [-0.15, -0.1) is 0 Å². The fourth-order valence-electron chi connectivity index (χ4n) is 3.30. The van der Waals surface area contributed by atoms with Gasteiger partial charge in [-0.2, -0.15) is 0 Å². The first-order chi connectivity index (χ1) is 9.06. The van der Waals surface area contributed by atoms with Crippen LogP contribution < -0.4 is 0 Å². The lowest BCUT2D eigenvalue weighted by molar-refractivity contribution is -0.173. The minimum absolute atomic E-state index is 0.290. The van der Waals surface area contributed by atoms with Crippen LogP contribution >= 0.6 is 0 Å². The molecule has 0 aromatic heterocycles. The van der Waals surface area contributed by atoms with Crippen molar-refractivity contribution in [2.24, 2.45) is 10.8 Å². The molecular formula is C14H16O6. The summed E-state index contributed by atoms with van der Waals surface area (Å²) in [6.45, 7) is 4.03. The average molecular weight is 280 g/mol. The van der Waals surface area contributed by atoms with Crippen molar-refractivity contribution in [1.82, 2.24) is 0 Å². The van der Waals surface area contributed by atoms with Crippen LogP contribution in [0.15, 0.2) is 0 Å². The molecule has 0 amide bonds. The molecule has 0 aliphatic heterocycles. The van der Waals surface area contributed by atoms with E-state index in [4.69, 9.17) is 0 Å². The van der Waals surface area contributed by atoms with Gasteiger partial charge in [0.05, 0.1) is 0 Å². The molecule has 0 aromatic rings. The van der Waals surface area contributed by atoms with Crippen LogP contribution in [0.3, 0.4) is 0 Å². The zero-order valence-electron chi connectivity index (χ0n) is 11.9. The smallest absolute Gasteiger partial charge is 0.220 e. The maximum Gasteiger partial charge on any atom is 0.220 e. The van der Waals surface area contributed by atoms with Gasteiger partial charge in [0, 0.05) is 6.42 Å². The highest BCUT2D eigenvalue weighted by Gasteiger charge is 2.70. The second kappa shape index (κ2) is 4.85. The fraction of sp³-hybridized carbons (Fsp3) is 0.571. The summed E-state index contributed by atoms with van der Waals surface area (Å²) in [6.07, 6.45) is -0.609. The Balaban J connectivity index is 3.89. The summed E-state index contributed by atoms with van der Waals surface area (Å²) in [4.78, 5) is 72.1. The predicted molar refractivity (Wildman–Crippen MR) is 66.8 cm³/mol. The molecule has 6 heteroatoms. The minimum Gasteiger partial charge on any atom is -0.299 e. The fourth-order valence-corrected chi connectivity index (χ4v) is 3.30. The molecule has 20 heavy (non-hydrogen) atoms. The number of Topliss-reactive ketones (excluding diaryl/α,β-unsaturated/α-hetero) is 6. The van der Waals surface area contributed by atoms with E-state index in [2.05, 4.69) is 0 Å². The van der Waals surface area contributed by atoms with Gasteiger partial charge in [-0.3, -0.25) is 28.8 Å². The summed E-state index contributed by atoms with van der Waals surface area (Å²) >= 11 is 0. The van der Waals surface area contributed by atoms with Crippen molar-refractivity contribution in [1.29, 1.82) is 0 Å². The van der Waals surface area contributed by atoms with E-state index < -0.39 is 45.5 Å². The number of hydrogen-bond acceptors (Lipinski definition) is 6. The molecular weight excluding hydrogens is 264 g/mol. The molecule has 1 saturated carbocycles. The third-order valence-electron chi connectivity index (χ3n) is 4.22. The van der Waals surface area contributed by atoms with Gasteiger partial charge in [0.25, 0.3) is 0 Å². The summed E-state index contributed by atoms with van der Waals surface area (Å²) in [6, 6.07) is 0. The third-order valence-corrected chi connectivity index (χ3v) is 4.22. The van der Waals surface area contributed by atoms with Crippen LogP contribution in [0.1, 0.15) is 40.5 Å². The first-order valence-electron chi connectivity index (χ1n) is 6.18. The van der Waals surface area contributed by atoms with Crippen molar-refractivity contribution in [3.63, 3.8) is 0 Å². The van der Waals surface area contributed by atoms with Crippen LogP contribution in [0.25, 0.3) is 0 Å². The Morgan fingerprint density at radius 2 is 1.20 bits per heavy atom. The lowest BCUT2D eigenvalue weighted by Crippen LogP contribution is -2.66. The highest BCUT2D eigenvalue weighted by molar-refractivity contribution is 6.51. The van der Waals surface area contributed by atoms with Gasteiger partial charge < -0.3 is 0 Å². The van der Waals surface area contributed by atoms with Crippen molar-refractivity contribution in [3.05, 3.63) is 0 Å². The van der Waals surface area contributed by atoms with Crippen molar-refractivity contribution in [2.45, 2.75) is 40.5 Å². The van der Waals surface area contributed by atoms with E-state index in [9.17, 15) is 28.8 Å². The second-order valence-electron chi connectivity index (χ2n) is 5.13. The van der Waals surface area contributed by atoms with Gasteiger partial charge >= 0.3 is 0 Å². The molecule has 0 atom stereocenters. The summed E-state index contributed by atoms with van der Waals surface area (Å²) in [5.74, 6) is -5.49. The van der Waals surface area contributed by atoms with E-state index in [1.807, 2.05) is 0 Å². The molecule has 0 N–H and O–H groups in total. The van der Waals surface area contributed by atoms with Crippen molar-refractivity contribution in [2.75, 3.05) is 0 Å². The molecule has 0 spiro atoms. The van der Waals surface area contributed by atoms with Gasteiger partial charge in [0.1, 0.15) is 17.0 Å². The maximum absolute atomic E-state index is 12.3. The molecule has 0 aromatic carbocycles. The van der Waals surface area contributed by atoms with E-state index in [1.165, 1.54) is 0 Å². The van der Waals surface area contributed by atoms with Crippen LogP contribution in [0.2, 0.25) is 0 Å². The maximum atomic E-state index is 12.3. The molecule has 0 bridgehead atoms. The van der Waals surface area contributed by atoms with Crippen molar-refractivity contribution < 1.29 is 28.8 Å². The third kappa shape index (κ3) is 1.63. The lowest BCUT2D eigenvalue weighted by Gasteiger charge is -2.45. The van der Waals surface area contributed by atoms with Crippen LogP contribution in [0, 0.1) is 10.8 Å². The van der Waals surface area contributed by atoms with Gasteiger partial charge in [0.2, 0.25) is 5.78 Å². The topological polar surface area (TPSA) is 102 Å². The van der Waals surface area contributed by atoms with Crippen LogP contribution in [-0.2, 0) is 28.8 Å². The number of ketones is 6. The van der Waals surface area contributed by atoms with E-state index >= 15 is 0 Å². The Morgan fingerprint density at radius 3 is 1.50 bits per heavy atom. The van der Waals surface area contributed by atoms with E-state index in [-0.39, 0.29) is 12.8 Å². The van der Waals surface area contributed by atoms with Gasteiger partial charge in [-0.1, -0.05) is 0 Å². The Morgan fingerprint density at radius 1 is 0.800 bits per heavy atom. The summed E-state index contributed by atoms with van der Waals surface area (Å²) < 4.78 is 0. The first kappa shape index (κ1) is 16.1. The van der Waals surface area contributed by atoms with Crippen LogP contribution in [0.4, 0.5) is 0 Å². The monoisotopic (exact) mass is 280 g/mol. The average Bonchev–Trinajstić information content (AvgIpc) is 2.30. The first-order valence-corrected chi connectivity index (χ1v) is 6.18. The molecule has 1 aliphatic rings. The Bertz CT molecular complexity index is 526. The number of hydrogen-bond donors (Lipinski definition) is 0. The van der Waals surface area contributed by atoms with Crippen LogP contribution in [0.5, 0.6) is 0 Å². The van der Waals surface area contributed by atoms with Crippen molar-refractivity contribution in [3.8, 4) is 0 Å². The highest BCUT2D eigenvalue weighted by atomic mass is 16.2. The van der Waals surface area contributed by atoms with E-state index in [0.717, 1.165) is 27.7 Å². The lowest BCUT2D eigenvalue weighted by atomic mass is 9.49. The SMILES string of the molecule is CC(=O)C1(C(C)=O)CCC(=O)C(=O)C1(C(C)=O)C(C)=O. The van der Waals surface area contributed by atoms with E-state index in [0.29, 0.717) is 0 Å². The zero-order valence-corrected chi connectivity index (χ0v) is 11.9. The molecule has 108 valence electrons. The molecule has 0 unspecified atom stereocenters. The second-order valence-corrected chi connectivity index (χ2v) is 5.13. The molecule has 6 nitrogen and oxygen atoms in total. The van der Waals surface area contributed by atoms with Gasteiger partial charge in [-0.05, 0) is 34.1 Å². The molecule has 1 aliphatic carbocycles. The summed E-state index contributed by atoms with van der Waals surface area (Å²) in [5.41, 5.74) is -4.56. The Labute approximate surface area is 115 Å². The Hall–Kier alpha value is -1.98. The largest absolute Gasteiger partial charge is 0.299 e. The normalized spacial score (nSPS) is 20.4. The Kier molecular flexibility index (Phi) is 3.90. The van der Waals surface area contributed by atoms with Gasteiger partial charge in [-0.25, -0.2) is 0 Å². The predicted octanol–water partition coefficient (Wildman–Crippen LogP) is 0.247. The molecule has 0 heterocycles. The summed E-state index contributed by atoms with van der Waals surface area (Å²) in [7, 11) is 0. The highest BCUT2D eigenvalue weighted by Crippen LogP contribution is 2.50. The molecule has 0 saturated heterocycles. The molecule has 0 radical (unpaired) electrons. The number of carbonyl (C=O) groups excluding carboxylic acids is 6. The van der Waals surface area contributed by atoms with Gasteiger partial charge in [0.15, 0.2) is 22.8 Å². The van der Waals surface area contributed by atoms with Crippen molar-refractivity contribution >= 4 is 34.7 Å². The zero-order chi connectivity index (χ0) is 15.9. The molecule has 1 fully saturated rings.